The average molecular weight is 335 g/mol. The Morgan fingerprint density at radius 2 is 1.88 bits per heavy atom. The minimum Gasteiger partial charge on any atom is -0.327 e. The first-order valence-corrected chi connectivity index (χ1v) is 8.03. The van der Waals surface area contributed by atoms with E-state index in [0.29, 0.717) is 36.5 Å². The summed E-state index contributed by atoms with van der Waals surface area (Å²) in [7, 11) is 0. The number of benzene rings is 1. The van der Waals surface area contributed by atoms with Crippen LogP contribution >= 0.6 is 0 Å². The highest BCUT2D eigenvalue weighted by Gasteiger charge is 2.28. The molecule has 7 nitrogen and oxygen atoms in total. The molecule has 1 aliphatic heterocycles. The van der Waals surface area contributed by atoms with Gasteiger partial charge < -0.3 is 9.80 Å². The van der Waals surface area contributed by atoms with Crippen LogP contribution in [0.25, 0.3) is 0 Å². The van der Waals surface area contributed by atoms with Gasteiger partial charge in [0.2, 0.25) is 5.91 Å². The highest BCUT2D eigenvalue weighted by molar-refractivity contribution is 6.01. The van der Waals surface area contributed by atoms with Crippen molar-refractivity contribution in [2.75, 3.05) is 24.5 Å². The summed E-state index contributed by atoms with van der Waals surface area (Å²) in [4.78, 5) is 36.3. The van der Waals surface area contributed by atoms with Crippen molar-refractivity contribution >= 4 is 17.5 Å². The van der Waals surface area contributed by atoms with Gasteiger partial charge in [-0.25, -0.2) is 9.97 Å². The van der Waals surface area contributed by atoms with Gasteiger partial charge in [-0.15, -0.1) is 0 Å². The molecule has 0 bridgehead atoms. The molecular weight excluding hydrogens is 318 g/mol. The number of hydrogen-bond acceptors (Lipinski definition) is 5. The summed E-state index contributed by atoms with van der Waals surface area (Å²) in [6.45, 7) is 2.79. The minimum absolute atomic E-state index is 0.00830. The van der Waals surface area contributed by atoms with E-state index in [4.69, 9.17) is 5.26 Å². The zero-order valence-electron chi connectivity index (χ0n) is 13.8. The van der Waals surface area contributed by atoms with Gasteiger partial charge in [0.15, 0.2) is 0 Å². The number of carbonyl (C=O) groups is 2. The van der Waals surface area contributed by atoms with E-state index in [0.717, 1.165) is 5.69 Å². The molecule has 0 N–H and O–H groups in total. The van der Waals surface area contributed by atoms with Crippen LogP contribution < -0.4 is 4.90 Å². The maximum absolute atomic E-state index is 12.5. The first kappa shape index (κ1) is 16.6. The summed E-state index contributed by atoms with van der Waals surface area (Å²) >= 11 is 0. The summed E-state index contributed by atoms with van der Waals surface area (Å²) < 4.78 is 0. The number of aromatic nitrogens is 2. The van der Waals surface area contributed by atoms with Crippen LogP contribution in [0.4, 0.5) is 5.69 Å². The van der Waals surface area contributed by atoms with Gasteiger partial charge >= 0.3 is 0 Å². The largest absolute Gasteiger partial charge is 0.327 e. The molecule has 1 aromatic heterocycles. The summed E-state index contributed by atoms with van der Waals surface area (Å²) in [5.41, 5.74) is 1.66. The van der Waals surface area contributed by atoms with E-state index in [1.165, 1.54) is 17.3 Å². The molecule has 1 fully saturated rings. The second kappa shape index (κ2) is 7.09. The average Bonchev–Trinajstić information content (AvgIpc) is 2.67. The second-order valence-corrected chi connectivity index (χ2v) is 5.67. The standard InChI is InChI=1S/C18H17N5O2/c1-2-16-20-10-14(11-21-16)18(25)22-7-8-23(17(24)12-22)15-5-3-13(9-19)4-6-15/h3-6,10-11H,2,7-8,12H2,1H3. The van der Waals surface area contributed by atoms with Crippen LogP contribution in [0.15, 0.2) is 36.7 Å². The number of nitriles is 1. The number of piperazine rings is 1. The molecule has 0 atom stereocenters. The van der Waals surface area contributed by atoms with Crippen LogP contribution in [0, 0.1) is 11.3 Å². The molecule has 1 aliphatic rings. The Hall–Kier alpha value is -3.27. The smallest absolute Gasteiger partial charge is 0.257 e. The van der Waals surface area contributed by atoms with E-state index in [-0.39, 0.29) is 18.4 Å². The number of hydrogen-bond donors (Lipinski definition) is 0. The first-order valence-electron chi connectivity index (χ1n) is 8.03. The van der Waals surface area contributed by atoms with Crippen LogP contribution in [-0.4, -0.2) is 46.3 Å². The lowest BCUT2D eigenvalue weighted by Gasteiger charge is -2.34. The van der Waals surface area contributed by atoms with Gasteiger partial charge in [-0.05, 0) is 24.3 Å². The number of aryl methyl sites for hydroxylation is 1. The third-order valence-corrected chi connectivity index (χ3v) is 4.08. The maximum atomic E-state index is 12.5. The number of nitrogens with zero attached hydrogens (tertiary/aromatic N) is 5. The molecule has 1 aromatic carbocycles. The lowest BCUT2D eigenvalue weighted by Crippen LogP contribution is -2.52. The van der Waals surface area contributed by atoms with Crippen molar-refractivity contribution in [1.82, 2.24) is 14.9 Å². The highest BCUT2D eigenvalue weighted by Crippen LogP contribution is 2.19. The van der Waals surface area contributed by atoms with Crippen LogP contribution in [-0.2, 0) is 11.2 Å². The minimum atomic E-state index is -0.240. The van der Waals surface area contributed by atoms with Crippen molar-refractivity contribution in [3.05, 3.63) is 53.6 Å². The SMILES string of the molecule is CCc1ncc(C(=O)N2CCN(c3ccc(C#N)cc3)C(=O)C2)cn1. The predicted molar refractivity (Wildman–Crippen MR) is 90.8 cm³/mol. The molecule has 2 heterocycles. The summed E-state index contributed by atoms with van der Waals surface area (Å²) in [5.74, 6) is 0.282. The zero-order valence-corrected chi connectivity index (χ0v) is 13.8. The van der Waals surface area contributed by atoms with Gasteiger partial charge in [-0.1, -0.05) is 6.92 Å². The molecular formula is C18H17N5O2. The van der Waals surface area contributed by atoms with Crippen molar-refractivity contribution in [3.63, 3.8) is 0 Å². The van der Waals surface area contributed by atoms with Crippen LogP contribution in [0.3, 0.4) is 0 Å². The normalized spacial score (nSPS) is 14.3. The van der Waals surface area contributed by atoms with E-state index < -0.39 is 0 Å². The fraction of sp³-hybridized carbons (Fsp3) is 0.278. The molecule has 25 heavy (non-hydrogen) atoms. The number of rotatable bonds is 3. The molecule has 0 unspecified atom stereocenters. The van der Waals surface area contributed by atoms with E-state index in [2.05, 4.69) is 9.97 Å². The number of carbonyl (C=O) groups excluding carboxylic acids is 2. The quantitative estimate of drug-likeness (QED) is 0.846. The van der Waals surface area contributed by atoms with Gasteiger partial charge in [0.05, 0.1) is 17.2 Å². The van der Waals surface area contributed by atoms with Crippen molar-refractivity contribution in [2.24, 2.45) is 0 Å². The van der Waals surface area contributed by atoms with E-state index in [1.807, 2.05) is 13.0 Å². The van der Waals surface area contributed by atoms with E-state index in [9.17, 15) is 9.59 Å². The molecule has 0 spiro atoms. The first-order chi connectivity index (χ1) is 12.1. The Labute approximate surface area is 145 Å². The van der Waals surface area contributed by atoms with Crippen LogP contribution in [0.5, 0.6) is 0 Å². The van der Waals surface area contributed by atoms with Gasteiger partial charge in [0, 0.05) is 37.6 Å². The molecule has 3 rings (SSSR count). The Kier molecular flexibility index (Phi) is 4.70. The summed E-state index contributed by atoms with van der Waals surface area (Å²) in [5, 5.41) is 8.84. The molecule has 1 saturated heterocycles. The molecule has 2 aromatic rings. The Morgan fingerprint density at radius 1 is 1.20 bits per heavy atom. The third kappa shape index (κ3) is 3.48. The van der Waals surface area contributed by atoms with Crippen molar-refractivity contribution in [1.29, 1.82) is 5.26 Å². The van der Waals surface area contributed by atoms with Gasteiger partial charge in [0.25, 0.3) is 5.91 Å². The summed E-state index contributed by atoms with van der Waals surface area (Å²) in [6.07, 6.45) is 3.72. The zero-order chi connectivity index (χ0) is 17.8. The van der Waals surface area contributed by atoms with Crippen molar-refractivity contribution < 1.29 is 9.59 Å². The maximum Gasteiger partial charge on any atom is 0.257 e. The third-order valence-electron chi connectivity index (χ3n) is 4.08. The van der Waals surface area contributed by atoms with Crippen LogP contribution in [0.2, 0.25) is 0 Å². The molecule has 126 valence electrons. The fourth-order valence-corrected chi connectivity index (χ4v) is 2.67. The molecule has 0 aliphatic carbocycles. The molecule has 2 amide bonds. The molecule has 7 heteroatoms. The summed E-state index contributed by atoms with van der Waals surface area (Å²) in [6, 6.07) is 8.88. The number of amides is 2. The monoisotopic (exact) mass is 335 g/mol. The Balaban J connectivity index is 1.69. The lowest BCUT2D eigenvalue weighted by atomic mass is 10.2. The van der Waals surface area contributed by atoms with Crippen LogP contribution in [0.1, 0.15) is 28.7 Å². The lowest BCUT2D eigenvalue weighted by molar-refractivity contribution is -0.120. The number of anilines is 1. The molecule has 0 radical (unpaired) electrons. The van der Waals surface area contributed by atoms with Crippen molar-refractivity contribution in [2.45, 2.75) is 13.3 Å². The Morgan fingerprint density at radius 3 is 2.44 bits per heavy atom. The fourth-order valence-electron chi connectivity index (χ4n) is 2.67. The van der Waals surface area contributed by atoms with Gasteiger partial charge in [-0.2, -0.15) is 5.26 Å². The molecule has 0 saturated carbocycles. The van der Waals surface area contributed by atoms with E-state index >= 15 is 0 Å². The van der Waals surface area contributed by atoms with Gasteiger partial charge in [0.1, 0.15) is 12.4 Å². The van der Waals surface area contributed by atoms with E-state index in [1.54, 1.807) is 29.2 Å². The predicted octanol–water partition coefficient (Wildman–Crippen LogP) is 1.40. The topological polar surface area (TPSA) is 90.2 Å². The highest BCUT2D eigenvalue weighted by atomic mass is 16.2. The second-order valence-electron chi connectivity index (χ2n) is 5.67. The Bertz CT molecular complexity index is 824. The van der Waals surface area contributed by atoms with Gasteiger partial charge in [-0.3, -0.25) is 9.59 Å². The van der Waals surface area contributed by atoms with Crippen molar-refractivity contribution in [3.8, 4) is 6.07 Å².